The van der Waals surface area contributed by atoms with Crippen LogP contribution in [0, 0.1) is 0 Å². The van der Waals surface area contributed by atoms with Gasteiger partial charge in [0.15, 0.2) is 0 Å². The molecule has 21 heavy (non-hydrogen) atoms. The highest BCUT2D eigenvalue weighted by Crippen LogP contribution is 2.30. The second-order valence-electron chi connectivity index (χ2n) is 4.66. The lowest BCUT2D eigenvalue weighted by molar-refractivity contribution is -0.113. The SMILES string of the molecule is C=C(S/C(=C\c1ccccc1O)C(N)=O)N1CCNCC1. The topological polar surface area (TPSA) is 78.6 Å². The summed E-state index contributed by atoms with van der Waals surface area (Å²) in [5.74, 6) is -0.413. The normalized spacial score (nSPS) is 15.8. The summed E-state index contributed by atoms with van der Waals surface area (Å²) >= 11 is 1.24. The van der Waals surface area contributed by atoms with Crippen molar-refractivity contribution in [2.75, 3.05) is 26.2 Å². The number of piperazine rings is 1. The summed E-state index contributed by atoms with van der Waals surface area (Å²) < 4.78 is 0. The maximum atomic E-state index is 11.6. The van der Waals surface area contributed by atoms with Gasteiger partial charge in [0.25, 0.3) is 5.91 Å². The predicted octanol–water partition coefficient (Wildman–Crippen LogP) is 1.33. The molecule has 1 fully saturated rings. The molecule has 112 valence electrons. The van der Waals surface area contributed by atoms with Crippen LogP contribution in [0.4, 0.5) is 0 Å². The third kappa shape index (κ3) is 4.27. The summed E-state index contributed by atoms with van der Waals surface area (Å²) in [6.07, 6.45) is 1.59. The van der Waals surface area contributed by atoms with Crippen molar-refractivity contribution in [1.82, 2.24) is 10.2 Å². The molecular weight excluding hydrogens is 286 g/mol. The van der Waals surface area contributed by atoms with Gasteiger partial charge in [0, 0.05) is 31.7 Å². The summed E-state index contributed by atoms with van der Waals surface area (Å²) in [6.45, 7) is 7.52. The van der Waals surface area contributed by atoms with E-state index < -0.39 is 5.91 Å². The molecular formula is C15H19N3O2S. The number of nitrogens with zero attached hydrogens (tertiary/aromatic N) is 1. The fourth-order valence-corrected chi connectivity index (χ4v) is 2.86. The smallest absolute Gasteiger partial charge is 0.255 e. The highest BCUT2D eigenvalue weighted by molar-refractivity contribution is 8.07. The molecule has 0 unspecified atom stereocenters. The van der Waals surface area contributed by atoms with Crippen LogP contribution in [0.15, 0.2) is 40.8 Å². The van der Waals surface area contributed by atoms with E-state index in [1.807, 2.05) is 0 Å². The molecule has 0 aliphatic carbocycles. The molecule has 1 amide bonds. The molecule has 0 bridgehead atoms. The molecule has 1 aliphatic heterocycles. The van der Waals surface area contributed by atoms with Crippen LogP contribution in [-0.4, -0.2) is 42.1 Å². The van der Waals surface area contributed by atoms with Crippen molar-refractivity contribution >= 4 is 23.7 Å². The van der Waals surface area contributed by atoms with Crippen molar-refractivity contribution in [3.8, 4) is 5.75 Å². The van der Waals surface area contributed by atoms with E-state index in [0.717, 1.165) is 31.2 Å². The first-order valence-corrected chi connectivity index (χ1v) is 7.51. The highest BCUT2D eigenvalue weighted by Gasteiger charge is 2.16. The zero-order valence-corrected chi connectivity index (χ0v) is 12.5. The summed E-state index contributed by atoms with van der Waals surface area (Å²) in [5, 5.41) is 13.8. The average Bonchev–Trinajstić information content (AvgIpc) is 2.49. The number of nitrogens with two attached hydrogens (primary N) is 1. The quantitative estimate of drug-likeness (QED) is 0.715. The number of hydrogen-bond donors (Lipinski definition) is 3. The maximum Gasteiger partial charge on any atom is 0.255 e. The number of benzene rings is 1. The highest BCUT2D eigenvalue weighted by atomic mass is 32.2. The zero-order chi connectivity index (χ0) is 15.2. The number of thioether (sulfide) groups is 1. The van der Waals surface area contributed by atoms with Gasteiger partial charge in [-0.1, -0.05) is 36.5 Å². The largest absolute Gasteiger partial charge is 0.507 e. The van der Waals surface area contributed by atoms with Gasteiger partial charge in [-0.05, 0) is 12.1 Å². The number of rotatable bonds is 5. The van der Waals surface area contributed by atoms with Crippen LogP contribution in [0.3, 0.4) is 0 Å². The van der Waals surface area contributed by atoms with Crippen molar-refractivity contribution < 1.29 is 9.90 Å². The summed E-state index contributed by atoms with van der Waals surface area (Å²) in [5.41, 5.74) is 5.99. The van der Waals surface area contributed by atoms with E-state index in [2.05, 4.69) is 16.8 Å². The minimum Gasteiger partial charge on any atom is -0.507 e. The maximum absolute atomic E-state index is 11.6. The Morgan fingerprint density at radius 2 is 2.05 bits per heavy atom. The fraction of sp³-hybridized carbons (Fsp3) is 0.267. The number of phenols is 1. The molecule has 0 atom stereocenters. The van der Waals surface area contributed by atoms with Gasteiger partial charge >= 0.3 is 0 Å². The number of phenolic OH excluding ortho intramolecular Hbond substituents is 1. The first-order chi connectivity index (χ1) is 10.1. The Morgan fingerprint density at radius 1 is 1.38 bits per heavy atom. The van der Waals surface area contributed by atoms with Crippen molar-refractivity contribution in [2.24, 2.45) is 5.73 Å². The molecule has 0 aromatic heterocycles. The second kappa shape index (κ2) is 7.19. The lowest BCUT2D eigenvalue weighted by atomic mass is 10.2. The number of nitrogens with one attached hydrogen (secondary N) is 1. The lowest BCUT2D eigenvalue weighted by Gasteiger charge is -2.30. The van der Waals surface area contributed by atoms with E-state index >= 15 is 0 Å². The fourth-order valence-electron chi connectivity index (χ4n) is 2.01. The third-order valence-corrected chi connectivity index (χ3v) is 4.20. The van der Waals surface area contributed by atoms with Crippen LogP contribution in [0.25, 0.3) is 6.08 Å². The molecule has 6 heteroatoms. The molecule has 5 nitrogen and oxygen atoms in total. The van der Waals surface area contributed by atoms with Gasteiger partial charge in [-0.25, -0.2) is 0 Å². The molecule has 0 radical (unpaired) electrons. The zero-order valence-electron chi connectivity index (χ0n) is 11.7. The van der Waals surface area contributed by atoms with Crippen LogP contribution in [-0.2, 0) is 4.79 Å². The van der Waals surface area contributed by atoms with E-state index in [0.29, 0.717) is 10.5 Å². The number of primary amides is 1. The van der Waals surface area contributed by atoms with E-state index in [9.17, 15) is 9.90 Å². The van der Waals surface area contributed by atoms with Crippen LogP contribution < -0.4 is 11.1 Å². The van der Waals surface area contributed by atoms with Crippen molar-refractivity contribution in [1.29, 1.82) is 0 Å². The minimum atomic E-state index is -0.528. The summed E-state index contributed by atoms with van der Waals surface area (Å²) in [4.78, 5) is 14.1. The standard InChI is InChI=1S/C15H19N3O2S/c1-11(18-8-6-17-7-9-18)21-14(15(16)20)10-12-4-2-3-5-13(12)19/h2-5,10,17,19H,1,6-9H2,(H2,16,20)/b14-10-. The molecule has 4 N–H and O–H groups in total. The summed E-state index contributed by atoms with van der Waals surface area (Å²) in [6, 6.07) is 6.82. The first kappa shape index (κ1) is 15.5. The van der Waals surface area contributed by atoms with E-state index in [1.165, 1.54) is 11.8 Å². The number of carbonyl (C=O) groups excluding carboxylic acids is 1. The molecule has 1 aromatic rings. The average molecular weight is 305 g/mol. The number of para-hydroxylation sites is 1. The van der Waals surface area contributed by atoms with E-state index in [4.69, 9.17) is 5.73 Å². The molecule has 2 rings (SSSR count). The summed E-state index contributed by atoms with van der Waals surface area (Å²) in [7, 11) is 0. The predicted molar refractivity (Wildman–Crippen MR) is 86.5 cm³/mol. The van der Waals surface area contributed by atoms with Crippen molar-refractivity contribution in [3.05, 3.63) is 46.3 Å². The lowest BCUT2D eigenvalue weighted by Crippen LogP contribution is -2.42. The Bertz CT molecular complexity index is 566. The van der Waals surface area contributed by atoms with Crippen LogP contribution >= 0.6 is 11.8 Å². The Kier molecular flexibility index (Phi) is 5.30. The van der Waals surface area contributed by atoms with Crippen molar-refractivity contribution in [3.63, 3.8) is 0 Å². The van der Waals surface area contributed by atoms with E-state index in [1.54, 1.807) is 30.3 Å². The number of amides is 1. The first-order valence-electron chi connectivity index (χ1n) is 6.70. The Balaban J connectivity index is 2.14. The number of carbonyl (C=O) groups is 1. The van der Waals surface area contributed by atoms with Gasteiger partial charge in [0.1, 0.15) is 5.75 Å². The van der Waals surface area contributed by atoms with Gasteiger partial charge in [0.2, 0.25) is 0 Å². The Labute approximate surface area is 128 Å². The molecule has 1 aromatic carbocycles. The van der Waals surface area contributed by atoms with Gasteiger partial charge in [-0.2, -0.15) is 0 Å². The molecule has 1 heterocycles. The van der Waals surface area contributed by atoms with Gasteiger partial charge in [-0.15, -0.1) is 0 Å². The number of hydrogen-bond acceptors (Lipinski definition) is 5. The molecule has 1 saturated heterocycles. The number of aromatic hydroxyl groups is 1. The van der Waals surface area contributed by atoms with Gasteiger partial charge in [0.05, 0.1) is 9.93 Å². The molecule has 1 aliphatic rings. The Hall–Kier alpha value is -1.92. The second-order valence-corrected chi connectivity index (χ2v) is 5.78. The van der Waals surface area contributed by atoms with Gasteiger partial charge in [-0.3, -0.25) is 4.79 Å². The molecule has 0 saturated carbocycles. The monoisotopic (exact) mass is 305 g/mol. The van der Waals surface area contributed by atoms with Gasteiger partial charge < -0.3 is 21.1 Å². The third-order valence-electron chi connectivity index (χ3n) is 3.16. The van der Waals surface area contributed by atoms with Crippen LogP contribution in [0.2, 0.25) is 0 Å². The minimum absolute atomic E-state index is 0.115. The molecule has 0 spiro atoms. The van der Waals surface area contributed by atoms with Crippen LogP contribution in [0.1, 0.15) is 5.56 Å². The van der Waals surface area contributed by atoms with Crippen molar-refractivity contribution in [2.45, 2.75) is 0 Å². The van der Waals surface area contributed by atoms with Crippen LogP contribution in [0.5, 0.6) is 5.75 Å². The Morgan fingerprint density at radius 3 is 2.67 bits per heavy atom. The van der Waals surface area contributed by atoms with E-state index in [-0.39, 0.29) is 5.75 Å².